The molecule has 2 rings (SSSR count). The number of esters is 1. The summed E-state index contributed by atoms with van der Waals surface area (Å²) in [4.78, 5) is 25.8. The van der Waals surface area contributed by atoms with E-state index < -0.39 is 5.60 Å². The molecule has 0 radical (unpaired) electrons. The summed E-state index contributed by atoms with van der Waals surface area (Å²) in [6.45, 7) is 6.16. The first-order valence-electron chi connectivity index (χ1n) is 7.07. The van der Waals surface area contributed by atoms with E-state index in [0.29, 0.717) is 6.54 Å². The van der Waals surface area contributed by atoms with E-state index in [1.165, 1.54) is 0 Å². The molecule has 0 aromatic heterocycles. The highest BCUT2D eigenvalue weighted by Crippen LogP contribution is 2.49. The molecule has 114 valence electrons. The third-order valence-corrected chi connectivity index (χ3v) is 3.88. The van der Waals surface area contributed by atoms with E-state index in [1.807, 2.05) is 20.8 Å². The van der Waals surface area contributed by atoms with Gasteiger partial charge in [0.2, 0.25) is 0 Å². The molecule has 2 fully saturated rings. The lowest BCUT2D eigenvalue weighted by Gasteiger charge is -2.27. The van der Waals surface area contributed by atoms with E-state index in [-0.39, 0.29) is 36.0 Å². The molecular weight excluding hydrogens is 282 g/mol. The highest BCUT2D eigenvalue weighted by Gasteiger charge is 2.60. The van der Waals surface area contributed by atoms with Crippen LogP contribution in [-0.2, 0) is 14.3 Å². The van der Waals surface area contributed by atoms with Crippen molar-refractivity contribution < 1.29 is 19.1 Å². The minimum Gasteiger partial charge on any atom is -0.449 e. The van der Waals surface area contributed by atoms with Crippen molar-refractivity contribution in [2.75, 3.05) is 12.6 Å². The molecule has 3 atom stereocenters. The molecule has 1 aliphatic heterocycles. The highest BCUT2D eigenvalue weighted by atomic mass is 35.5. The van der Waals surface area contributed by atoms with Crippen molar-refractivity contribution in [1.82, 2.24) is 4.90 Å². The summed E-state index contributed by atoms with van der Waals surface area (Å²) in [5.41, 5.74) is -0.528. The Labute approximate surface area is 124 Å². The lowest BCUT2D eigenvalue weighted by molar-refractivity contribution is -0.144. The number of alkyl halides is 1. The van der Waals surface area contributed by atoms with Gasteiger partial charge in [-0.2, -0.15) is 0 Å². The molecule has 0 spiro atoms. The number of fused-ring (bicyclic) bond motifs is 1. The molecular formula is C14H22ClNO4. The summed E-state index contributed by atoms with van der Waals surface area (Å²) in [6.07, 6.45) is 2.58. The lowest BCUT2D eigenvalue weighted by atomic mass is 10.1. The molecule has 3 unspecified atom stereocenters. The number of ether oxygens (including phenoxy) is 2. The number of amides is 1. The van der Waals surface area contributed by atoms with Crippen molar-refractivity contribution in [3.8, 4) is 0 Å². The molecule has 0 aromatic carbocycles. The molecule has 0 N–H and O–H groups in total. The van der Waals surface area contributed by atoms with Crippen molar-refractivity contribution in [2.24, 2.45) is 11.8 Å². The number of nitrogens with zero attached hydrogens (tertiary/aromatic N) is 1. The van der Waals surface area contributed by atoms with Gasteiger partial charge in [0.25, 0.3) is 0 Å². The van der Waals surface area contributed by atoms with Gasteiger partial charge < -0.3 is 14.4 Å². The van der Waals surface area contributed by atoms with E-state index in [2.05, 4.69) is 0 Å². The Bertz CT molecular complexity index is 393. The molecule has 1 saturated heterocycles. The minimum atomic E-state index is -0.528. The van der Waals surface area contributed by atoms with Crippen molar-refractivity contribution in [3.05, 3.63) is 0 Å². The first-order valence-corrected chi connectivity index (χ1v) is 7.61. The molecule has 5 nitrogen and oxygen atoms in total. The lowest BCUT2D eigenvalue weighted by Crippen LogP contribution is -2.40. The van der Waals surface area contributed by atoms with Crippen LogP contribution in [0.3, 0.4) is 0 Å². The zero-order chi connectivity index (χ0) is 14.9. The van der Waals surface area contributed by atoms with E-state index in [0.717, 1.165) is 19.3 Å². The highest BCUT2D eigenvalue weighted by molar-refractivity contribution is 6.17. The second kappa shape index (κ2) is 5.80. The Morgan fingerprint density at radius 2 is 2.00 bits per heavy atom. The number of likely N-dealkylation sites (tertiary alicyclic amines) is 1. The number of rotatable bonds is 2. The largest absolute Gasteiger partial charge is 0.449 e. The maximum Gasteiger partial charge on any atom is 0.410 e. The van der Waals surface area contributed by atoms with Gasteiger partial charge in [0.15, 0.2) is 6.07 Å². The van der Waals surface area contributed by atoms with Gasteiger partial charge in [0.1, 0.15) is 5.60 Å². The second-order valence-electron chi connectivity index (χ2n) is 6.42. The summed E-state index contributed by atoms with van der Waals surface area (Å²) in [6, 6.07) is -0.218. The Morgan fingerprint density at radius 1 is 1.30 bits per heavy atom. The Balaban J connectivity index is 2.04. The van der Waals surface area contributed by atoms with Crippen molar-refractivity contribution in [3.63, 3.8) is 0 Å². The van der Waals surface area contributed by atoms with Crippen LogP contribution in [0.4, 0.5) is 4.79 Å². The van der Waals surface area contributed by atoms with Crippen molar-refractivity contribution >= 4 is 23.7 Å². The van der Waals surface area contributed by atoms with Gasteiger partial charge in [-0.25, -0.2) is 4.79 Å². The van der Waals surface area contributed by atoms with Gasteiger partial charge in [-0.15, -0.1) is 0 Å². The third-order valence-electron chi connectivity index (χ3n) is 3.77. The van der Waals surface area contributed by atoms with Crippen molar-refractivity contribution in [1.29, 1.82) is 0 Å². The van der Waals surface area contributed by atoms with E-state index >= 15 is 0 Å². The summed E-state index contributed by atoms with van der Waals surface area (Å²) in [7, 11) is 0. The van der Waals surface area contributed by atoms with E-state index in [1.54, 1.807) is 4.90 Å². The molecule has 20 heavy (non-hydrogen) atoms. The predicted octanol–water partition coefficient (Wildman–Crippen LogP) is 2.76. The molecule has 1 amide bonds. The molecule has 1 aliphatic carbocycles. The first kappa shape index (κ1) is 15.4. The van der Waals surface area contributed by atoms with Gasteiger partial charge in [-0.1, -0.05) is 18.0 Å². The summed E-state index contributed by atoms with van der Waals surface area (Å²) >= 11 is 5.44. The van der Waals surface area contributed by atoms with Crippen LogP contribution in [0.25, 0.3) is 0 Å². The van der Waals surface area contributed by atoms with Crippen molar-refractivity contribution in [2.45, 2.75) is 51.7 Å². The van der Waals surface area contributed by atoms with Crippen LogP contribution in [0, 0.1) is 11.8 Å². The summed E-state index contributed by atoms with van der Waals surface area (Å²) < 4.78 is 10.3. The monoisotopic (exact) mass is 303 g/mol. The topological polar surface area (TPSA) is 55.8 Å². The van der Waals surface area contributed by atoms with Gasteiger partial charge in [-0.3, -0.25) is 4.79 Å². The van der Waals surface area contributed by atoms with Gasteiger partial charge in [-0.05, 0) is 39.5 Å². The first-order chi connectivity index (χ1) is 9.35. The third kappa shape index (κ3) is 3.37. The predicted molar refractivity (Wildman–Crippen MR) is 74.4 cm³/mol. The van der Waals surface area contributed by atoms with Crippen LogP contribution in [0.15, 0.2) is 0 Å². The summed E-state index contributed by atoms with van der Waals surface area (Å²) in [5, 5.41) is 0. The number of carbonyl (C=O) groups excluding carboxylic acids is 2. The fraction of sp³-hybridized carbons (Fsp3) is 0.857. The Hall–Kier alpha value is -0.970. The Kier molecular flexibility index (Phi) is 4.47. The molecule has 0 aromatic rings. The molecule has 1 heterocycles. The van der Waals surface area contributed by atoms with Crippen LogP contribution in [0.2, 0.25) is 0 Å². The Morgan fingerprint density at radius 3 is 2.60 bits per heavy atom. The molecule has 0 bridgehead atoms. The van der Waals surface area contributed by atoms with Gasteiger partial charge in [0, 0.05) is 6.54 Å². The fourth-order valence-corrected chi connectivity index (χ4v) is 3.05. The maximum absolute atomic E-state index is 12.3. The number of halogens is 1. The van der Waals surface area contributed by atoms with Crippen LogP contribution < -0.4 is 0 Å². The fourth-order valence-electron chi connectivity index (χ4n) is 2.94. The van der Waals surface area contributed by atoms with E-state index in [4.69, 9.17) is 21.1 Å². The van der Waals surface area contributed by atoms with Gasteiger partial charge >= 0.3 is 12.1 Å². The van der Waals surface area contributed by atoms with Crippen LogP contribution in [0.1, 0.15) is 40.0 Å². The van der Waals surface area contributed by atoms with Crippen LogP contribution in [-0.4, -0.2) is 41.2 Å². The molecule has 6 heteroatoms. The minimum absolute atomic E-state index is 0.0805. The molecule has 1 saturated carbocycles. The quantitative estimate of drug-likeness (QED) is 0.581. The smallest absolute Gasteiger partial charge is 0.410 e. The average molecular weight is 304 g/mol. The molecule has 2 aliphatic rings. The summed E-state index contributed by atoms with van der Waals surface area (Å²) in [5.74, 6) is -0.340. The normalized spacial score (nSPS) is 29.2. The second-order valence-corrected chi connectivity index (χ2v) is 6.64. The van der Waals surface area contributed by atoms with Crippen LogP contribution >= 0.6 is 11.6 Å². The number of carbonyl (C=O) groups is 2. The SMILES string of the molecule is CC(C)(C)OC(=O)N1CCCCC2C(C(=O)OCCl)C21. The number of hydrogen-bond donors (Lipinski definition) is 0. The van der Waals surface area contributed by atoms with Crippen LogP contribution in [0.5, 0.6) is 0 Å². The van der Waals surface area contributed by atoms with E-state index in [9.17, 15) is 9.59 Å². The maximum atomic E-state index is 12.3. The number of hydrogen-bond acceptors (Lipinski definition) is 4. The van der Waals surface area contributed by atoms with Gasteiger partial charge in [0.05, 0.1) is 12.0 Å². The zero-order valence-corrected chi connectivity index (χ0v) is 13.0. The standard InChI is InChI=1S/C14H22ClNO4/c1-14(2,3)20-13(18)16-7-5-4-6-9-10(11(9)16)12(17)19-8-15/h9-11H,4-8H2,1-3H3. The average Bonchev–Trinajstić information content (AvgIpc) is 3.01. The zero-order valence-electron chi connectivity index (χ0n) is 12.2.